The minimum absolute atomic E-state index is 0.546. The molecule has 0 aliphatic heterocycles. The Balaban J connectivity index is 1.60. The van der Waals surface area contributed by atoms with Gasteiger partial charge in [-0.1, -0.05) is 30.3 Å². The second-order valence-corrected chi connectivity index (χ2v) is 5.30. The zero-order valence-electron chi connectivity index (χ0n) is 12.1. The lowest BCUT2D eigenvalue weighted by molar-refractivity contribution is 0.304. The molecule has 3 heteroatoms. The summed E-state index contributed by atoms with van der Waals surface area (Å²) in [5.41, 5.74) is 2.40. The lowest BCUT2D eigenvalue weighted by atomic mass is 10.1. The summed E-state index contributed by atoms with van der Waals surface area (Å²) < 4.78 is 10.8. The summed E-state index contributed by atoms with van der Waals surface area (Å²) in [7, 11) is 1.67. The fourth-order valence-corrected chi connectivity index (χ4v) is 2.45. The molecule has 2 unspecified atom stereocenters. The van der Waals surface area contributed by atoms with E-state index in [2.05, 4.69) is 29.3 Å². The third-order valence-electron chi connectivity index (χ3n) is 3.71. The number of aromatic nitrogens is 1. The number of ether oxygens (including phenoxy) is 2. The first-order valence-corrected chi connectivity index (χ1v) is 7.18. The molecule has 2 aromatic rings. The Morgan fingerprint density at radius 1 is 1.24 bits per heavy atom. The number of benzene rings is 1. The van der Waals surface area contributed by atoms with E-state index in [4.69, 9.17) is 9.47 Å². The SMILES string of the molecule is CO/C=C/C1CC1c1cncc(OCc2ccccc2)c1. The molecule has 1 aromatic heterocycles. The Hall–Kier alpha value is -2.29. The smallest absolute Gasteiger partial charge is 0.138 e. The summed E-state index contributed by atoms with van der Waals surface area (Å²) in [6.45, 7) is 0.573. The van der Waals surface area contributed by atoms with Crippen LogP contribution in [0.3, 0.4) is 0 Å². The fraction of sp³-hybridized carbons (Fsp3) is 0.278. The van der Waals surface area contributed by atoms with Gasteiger partial charge in [0.2, 0.25) is 0 Å². The quantitative estimate of drug-likeness (QED) is 0.752. The molecule has 0 bridgehead atoms. The number of pyridine rings is 1. The van der Waals surface area contributed by atoms with Crippen molar-refractivity contribution in [3.8, 4) is 5.75 Å². The van der Waals surface area contributed by atoms with Crippen molar-refractivity contribution in [3.05, 3.63) is 72.3 Å². The van der Waals surface area contributed by atoms with E-state index >= 15 is 0 Å². The Morgan fingerprint density at radius 2 is 2.10 bits per heavy atom. The maximum atomic E-state index is 5.82. The predicted octanol–water partition coefficient (Wildman–Crippen LogP) is 3.92. The van der Waals surface area contributed by atoms with E-state index in [1.54, 1.807) is 19.6 Å². The highest BCUT2D eigenvalue weighted by Crippen LogP contribution is 2.48. The van der Waals surface area contributed by atoms with Crippen LogP contribution in [0.15, 0.2) is 61.1 Å². The van der Waals surface area contributed by atoms with Gasteiger partial charge in [0.25, 0.3) is 0 Å². The van der Waals surface area contributed by atoms with Gasteiger partial charge in [-0.3, -0.25) is 4.98 Å². The van der Waals surface area contributed by atoms with Crippen LogP contribution in [0.25, 0.3) is 0 Å². The third kappa shape index (κ3) is 3.63. The molecule has 0 N–H and O–H groups in total. The van der Waals surface area contributed by atoms with Crippen molar-refractivity contribution in [2.45, 2.75) is 18.9 Å². The molecule has 0 radical (unpaired) electrons. The van der Waals surface area contributed by atoms with E-state index in [1.165, 1.54) is 5.56 Å². The molecule has 2 atom stereocenters. The van der Waals surface area contributed by atoms with Gasteiger partial charge in [0.05, 0.1) is 19.6 Å². The van der Waals surface area contributed by atoms with Gasteiger partial charge in [0, 0.05) is 6.20 Å². The summed E-state index contributed by atoms with van der Waals surface area (Å²) in [4.78, 5) is 4.29. The minimum Gasteiger partial charge on any atom is -0.505 e. The predicted molar refractivity (Wildman–Crippen MR) is 82.0 cm³/mol. The van der Waals surface area contributed by atoms with Crippen LogP contribution < -0.4 is 4.74 Å². The van der Waals surface area contributed by atoms with Crippen LogP contribution in [0.2, 0.25) is 0 Å². The summed E-state index contributed by atoms with van der Waals surface area (Å²) in [6, 6.07) is 12.3. The number of hydrogen-bond donors (Lipinski definition) is 0. The zero-order chi connectivity index (χ0) is 14.5. The molecular weight excluding hydrogens is 262 g/mol. The monoisotopic (exact) mass is 281 g/mol. The van der Waals surface area contributed by atoms with E-state index in [9.17, 15) is 0 Å². The van der Waals surface area contributed by atoms with Crippen molar-refractivity contribution in [3.63, 3.8) is 0 Å². The van der Waals surface area contributed by atoms with Gasteiger partial charge in [-0.05, 0) is 41.5 Å². The highest BCUT2D eigenvalue weighted by atomic mass is 16.5. The highest BCUT2D eigenvalue weighted by Gasteiger charge is 2.36. The molecule has 1 aromatic carbocycles. The summed E-state index contributed by atoms with van der Waals surface area (Å²) >= 11 is 0. The van der Waals surface area contributed by atoms with Gasteiger partial charge >= 0.3 is 0 Å². The fourth-order valence-electron chi connectivity index (χ4n) is 2.45. The lowest BCUT2D eigenvalue weighted by Gasteiger charge is -2.07. The van der Waals surface area contributed by atoms with Crippen LogP contribution in [0, 0.1) is 5.92 Å². The molecule has 1 fully saturated rings. The van der Waals surface area contributed by atoms with Gasteiger partial charge < -0.3 is 9.47 Å². The van der Waals surface area contributed by atoms with Crippen molar-refractivity contribution in [1.82, 2.24) is 4.98 Å². The molecular formula is C18H19NO2. The number of hydrogen-bond acceptors (Lipinski definition) is 3. The molecule has 21 heavy (non-hydrogen) atoms. The van der Waals surface area contributed by atoms with Crippen LogP contribution in [-0.2, 0) is 11.3 Å². The Kier molecular flexibility index (Phi) is 4.20. The maximum absolute atomic E-state index is 5.82. The van der Waals surface area contributed by atoms with Crippen molar-refractivity contribution in [2.75, 3.05) is 7.11 Å². The van der Waals surface area contributed by atoms with Crippen molar-refractivity contribution in [1.29, 1.82) is 0 Å². The van der Waals surface area contributed by atoms with E-state index in [0.717, 1.165) is 17.7 Å². The van der Waals surface area contributed by atoms with Crippen LogP contribution in [0.5, 0.6) is 5.75 Å². The van der Waals surface area contributed by atoms with E-state index < -0.39 is 0 Å². The Labute approximate surface area is 125 Å². The van der Waals surface area contributed by atoms with Crippen LogP contribution >= 0.6 is 0 Å². The number of allylic oxidation sites excluding steroid dienone is 1. The second kappa shape index (κ2) is 6.44. The molecule has 3 rings (SSSR count). The Bertz CT molecular complexity index is 610. The highest BCUT2D eigenvalue weighted by molar-refractivity contribution is 5.32. The topological polar surface area (TPSA) is 31.4 Å². The standard InChI is InChI=1S/C18H19NO2/c1-20-8-7-15-10-18(15)16-9-17(12-19-11-16)21-13-14-5-3-2-4-6-14/h2-9,11-12,15,18H,10,13H2,1H3/b8-7+. The molecule has 1 aliphatic rings. The molecule has 1 aliphatic carbocycles. The lowest BCUT2D eigenvalue weighted by Crippen LogP contribution is -1.96. The van der Waals surface area contributed by atoms with Gasteiger partial charge in [0.1, 0.15) is 12.4 Å². The van der Waals surface area contributed by atoms with Crippen molar-refractivity contribution >= 4 is 0 Å². The normalized spacial score (nSPS) is 20.4. The van der Waals surface area contributed by atoms with E-state index in [0.29, 0.717) is 18.4 Å². The minimum atomic E-state index is 0.546. The van der Waals surface area contributed by atoms with Crippen LogP contribution in [0.1, 0.15) is 23.5 Å². The zero-order valence-corrected chi connectivity index (χ0v) is 12.1. The first-order valence-electron chi connectivity index (χ1n) is 7.18. The van der Waals surface area contributed by atoms with Gasteiger partial charge in [-0.25, -0.2) is 0 Å². The third-order valence-corrected chi connectivity index (χ3v) is 3.71. The number of methoxy groups -OCH3 is 1. The number of nitrogens with zero attached hydrogens (tertiary/aromatic N) is 1. The molecule has 3 nitrogen and oxygen atoms in total. The molecule has 0 spiro atoms. The second-order valence-electron chi connectivity index (χ2n) is 5.30. The molecule has 1 saturated carbocycles. The van der Waals surface area contributed by atoms with E-state index in [-0.39, 0.29) is 0 Å². The summed E-state index contributed by atoms with van der Waals surface area (Å²) in [5, 5.41) is 0. The first kappa shape index (κ1) is 13.7. The summed E-state index contributed by atoms with van der Waals surface area (Å²) in [5.74, 6) is 1.94. The Morgan fingerprint density at radius 3 is 2.90 bits per heavy atom. The summed E-state index contributed by atoms with van der Waals surface area (Å²) in [6.07, 6.45) is 8.73. The van der Waals surface area contributed by atoms with Crippen LogP contribution in [0.4, 0.5) is 0 Å². The van der Waals surface area contributed by atoms with Crippen molar-refractivity contribution in [2.24, 2.45) is 5.92 Å². The molecule has 1 heterocycles. The van der Waals surface area contributed by atoms with E-state index in [1.807, 2.05) is 24.4 Å². The van der Waals surface area contributed by atoms with Gasteiger partial charge in [0.15, 0.2) is 0 Å². The van der Waals surface area contributed by atoms with Crippen molar-refractivity contribution < 1.29 is 9.47 Å². The first-order chi connectivity index (χ1) is 10.4. The van der Waals surface area contributed by atoms with Crippen LogP contribution in [-0.4, -0.2) is 12.1 Å². The maximum Gasteiger partial charge on any atom is 0.138 e. The molecule has 0 amide bonds. The average Bonchev–Trinajstić information content (AvgIpc) is 3.32. The number of rotatable bonds is 6. The van der Waals surface area contributed by atoms with Gasteiger partial charge in [-0.15, -0.1) is 0 Å². The molecule has 108 valence electrons. The van der Waals surface area contributed by atoms with Gasteiger partial charge in [-0.2, -0.15) is 0 Å². The average molecular weight is 281 g/mol. The largest absolute Gasteiger partial charge is 0.505 e. The molecule has 0 saturated heterocycles.